The third-order valence-electron chi connectivity index (χ3n) is 2.01. The fourth-order valence-corrected chi connectivity index (χ4v) is 1.30. The van der Waals surface area contributed by atoms with Crippen LogP contribution in [0.1, 0.15) is 5.69 Å². The van der Waals surface area contributed by atoms with Crippen LogP contribution in [0.15, 0.2) is 48.5 Å². The molecule has 1 heterocycles. The maximum absolute atomic E-state index is 8.57. The second-order valence-electron chi connectivity index (χ2n) is 3.22. The Morgan fingerprint density at radius 2 is 1.82 bits per heavy atom. The lowest BCUT2D eigenvalue weighted by atomic mass is 10.3. The van der Waals surface area contributed by atoms with Gasteiger partial charge in [0.2, 0.25) is 5.88 Å². The topological polar surface area (TPSA) is 77.4 Å². The first-order valence-corrected chi connectivity index (χ1v) is 4.94. The second-order valence-corrected chi connectivity index (χ2v) is 3.22. The van der Waals surface area contributed by atoms with E-state index in [1.807, 2.05) is 36.4 Å². The fourth-order valence-electron chi connectivity index (χ4n) is 1.30. The minimum atomic E-state index is 0. The highest BCUT2D eigenvalue weighted by molar-refractivity contribution is 5.27. The lowest BCUT2D eigenvalue weighted by molar-refractivity contribution is 0.461. The molecule has 4 nitrogen and oxygen atoms in total. The van der Waals surface area contributed by atoms with Crippen molar-refractivity contribution >= 4 is 0 Å². The summed E-state index contributed by atoms with van der Waals surface area (Å²) in [5.41, 5.74) is 0.718. The molecule has 0 amide bonds. The molecule has 0 saturated carbocycles. The number of rotatable bonds is 3. The van der Waals surface area contributed by atoms with Gasteiger partial charge >= 0.3 is 0 Å². The van der Waals surface area contributed by atoms with Crippen molar-refractivity contribution in [3.63, 3.8) is 0 Å². The number of nitrogens with zero attached hydrogens (tertiary/aromatic N) is 2. The Morgan fingerprint density at radius 3 is 2.53 bits per heavy atom. The van der Waals surface area contributed by atoms with Gasteiger partial charge in [0.05, 0.1) is 18.2 Å². The Morgan fingerprint density at radius 1 is 1.06 bits per heavy atom. The van der Waals surface area contributed by atoms with Crippen molar-refractivity contribution in [2.45, 2.75) is 6.42 Å². The second kappa shape index (κ2) is 6.26. The zero-order valence-electron chi connectivity index (χ0n) is 9.13. The summed E-state index contributed by atoms with van der Waals surface area (Å²) in [5, 5.41) is 8.57. The van der Waals surface area contributed by atoms with E-state index in [2.05, 4.69) is 11.1 Å². The van der Waals surface area contributed by atoms with Gasteiger partial charge in [-0.3, -0.25) is 0 Å². The predicted octanol–water partition coefficient (Wildman–Crippen LogP) is 2.12. The van der Waals surface area contributed by atoms with Gasteiger partial charge in [-0.2, -0.15) is 5.26 Å². The van der Waals surface area contributed by atoms with Crippen molar-refractivity contribution < 1.29 is 10.2 Å². The molecule has 0 atom stereocenters. The van der Waals surface area contributed by atoms with Gasteiger partial charge in [-0.15, -0.1) is 0 Å². The highest BCUT2D eigenvalue weighted by Gasteiger charge is 1.99. The van der Waals surface area contributed by atoms with Crippen molar-refractivity contribution in [1.82, 2.24) is 4.98 Å². The largest absolute Gasteiger partial charge is 0.439 e. The molecular formula is C13H12N2O2. The van der Waals surface area contributed by atoms with Gasteiger partial charge in [-0.05, 0) is 18.2 Å². The number of benzene rings is 1. The van der Waals surface area contributed by atoms with E-state index in [1.54, 1.807) is 12.1 Å². The summed E-state index contributed by atoms with van der Waals surface area (Å²) in [6.07, 6.45) is 0.298. The number of hydrogen-bond donors (Lipinski definition) is 0. The molecule has 0 aliphatic rings. The van der Waals surface area contributed by atoms with Crippen LogP contribution in [0.4, 0.5) is 0 Å². The number of nitriles is 1. The smallest absolute Gasteiger partial charge is 0.219 e. The first kappa shape index (κ1) is 12.7. The van der Waals surface area contributed by atoms with Crippen LogP contribution >= 0.6 is 0 Å². The van der Waals surface area contributed by atoms with E-state index in [0.29, 0.717) is 12.3 Å². The third kappa shape index (κ3) is 3.59. The van der Waals surface area contributed by atoms with E-state index >= 15 is 0 Å². The molecule has 1 aromatic heterocycles. The summed E-state index contributed by atoms with van der Waals surface area (Å²) in [7, 11) is 0. The maximum Gasteiger partial charge on any atom is 0.219 e. The van der Waals surface area contributed by atoms with E-state index in [4.69, 9.17) is 10.00 Å². The average molecular weight is 228 g/mol. The Bertz CT molecular complexity index is 506. The van der Waals surface area contributed by atoms with Crippen LogP contribution < -0.4 is 4.74 Å². The van der Waals surface area contributed by atoms with Gasteiger partial charge in [0.15, 0.2) is 0 Å². The number of hydrogen-bond acceptors (Lipinski definition) is 3. The van der Waals surface area contributed by atoms with Crippen molar-refractivity contribution in [3.05, 3.63) is 54.2 Å². The fraction of sp³-hybridized carbons (Fsp3) is 0.0769. The third-order valence-corrected chi connectivity index (χ3v) is 2.01. The molecule has 2 N–H and O–H groups in total. The van der Waals surface area contributed by atoms with E-state index < -0.39 is 0 Å². The molecule has 0 saturated heterocycles. The van der Waals surface area contributed by atoms with Crippen LogP contribution in [0.3, 0.4) is 0 Å². The highest BCUT2D eigenvalue weighted by atomic mass is 16.5. The standard InChI is InChI=1S/C13H10N2O.H2O/c14-10-9-11-5-4-8-13(15-11)16-12-6-2-1-3-7-12;/h1-8H,9H2;1H2. The summed E-state index contributed by atoms with van der Waals surface area (Å²) in [5.74, 6) is 1.25. The van der Waals surface area contributed by atoms with Gasteiger partial charge in [0, 0.05) is 6.07 Å². The van der Waals surface area contributed by atoms with E-state index in [1.165, 1.54) is 0 Å². The molecule has 17 heavy (non-hydrogen) atoms. The van der Waals surface area contributed by atoms with Crippen LogP contribution in [0.5, 0.6) is 11.6 Å². The lowest BCUT2D eigenvalue weighted by Crippen LogP contribution is -1.92. The molecule has 0 aliphatic carbocycles. The minimum Gasteiger partial charge on any atom is -0.439 e. The molecule has 4 heteroatoms. The van der Waals surface area contributed by atoms with E-state index in [9.17, 15) is 0 Å². The lowest BCUT2D eigenvalue weighted by Gasteiger charge is -2.04. The molecule has 0 fully saturated rings. The predicted molar refractivity (Wildman–Crippen MR) is 63.7 cm³/mol. The van der Waals surface area contributed by atoms with Gasteiger partial charge in [-0.1, -0.05) is 24.3 Å². The molecule has 0 bridgehead atoms. The van der Waals surface area contributed by atoms with Gasteiger partial charge in [0.1, 0.15) is 5.75 Å². The Kier molecular flexibility index (Phi) is 4.67. The Hall–Kier alpha value is -2.38. The van der Waals surface area contributed by atoms with Crippen molar-refractivity contribution in [1.29, 1.82) is 5.26 Å². The molecule has 0 radical (unpaired) electrons. The maximum atomic E-state index is 8.57. The minimum absolute atomic E-state index is 0. The average Bonchev–Trinajstić information content (AvgIpc) is 2.31. The number of ether oxygens (including phenoxy) is 1. The summed E-state index contributed by atoms with van der Waals surface area (Å²) in [4.78, 5) is 4.21. The van der Waals surface area contributed by atoms with Crippen LogP contribution in [0, 0.1) is 11.3 Å². The van der Waals surface area contributed by atoms with E-state index in [-0.39, 0.29) is 5.48 Å². The molecule has 0 spiro atoms. The molecule has 2 aromatic rings. The first-order valence-electron chi connectivity index (χ1n) is 4.94. The SMILES string of the molecule is N#CCc1cccc(Oc2ccccc2)n1.O. The molecule has 2 rings (SSSR count). The van der Waals surface area contributed by atoms with Crippen LogP contribution in [-0.2, 0) is 6.42 Å². The van der Waals surface area contributed by atoms with Crippen molar-refractivity contribution in [3.8, 4) is 17.7 Å². The van der Waals surface area contributed by atoms with Gasteiger partial charge in [0.25, 0.3) is 0 Å². The van der Waals surface area contributed by atoms with Gasteiger partial charge in [-0.25, -0.2) is 4.98 Å². The molecule has 86 valence electrons. The summed E-state index contributed by atoms with van der Waals surface area (Å²) < 4.78 is 5.54. The number of aromatic nitrogens is 1. The van der Waals surface area contributed by atoms with Crippen LogP contribution in [0.25, 0.3) is 0 Å². The molecule has 1 aromatic carbocycles. The first-order chi connectivity index (χ1) is 7.88. The van der Waals surface area contributed by atoms with Crippen LogP contribution in [0.2, 0.25) is 0 Å². The molecule has 0 aliphatic heterocycles. The monoisotopic (exact) mass is 228 g/mol. The molecule has 0 unspecified atom stereocenters. The summed E-state index contributed by atoms with van der Waals surface area (Å²) in [6, 6.07) is 16.9. The Labute approximate surface area is 99.4 Å². The van der Waals surface area contributed by atoms with Gasteiger partial charge < -0.3 is 10.2 Å². The zero-order chi connectivity index (χ0) is 11.2. The Balaban J connectivity index is 0.00000144. The normalized spacial score (nSPS) is 8.88. The molecular weight excluding hydrogens is 216 g/mol. The summed E-state index contributed by atoms with van der Waals surface area (Å²) in [6.45, 7) is 0. The number of para-hydroxylation sites is 1. The zero-order valence-corrected chi connectivity index (χ0v) is 9.13. The van der Waals surface area contributed by atoms with E-state index in [0.717, 1.165) is 11.4 Å². The quantitative estimate of drug-likeness (QED) is 0.807. The number of pyridine rings is 1. The van der Waals surface area contributed by atoms with Crippen molar-refractivity contribution in [2.24, 2.45) is 0 Å². The van der Waals surface area contributed by atoms with Crippen LogP contribution in [-0.4, -0.2) is 10.5 Å². The highest BCUT2D eigenvalue weighted by Crippen LogP contribution is 2.18. The summed E-state index contributed by atoms with van der Waals surface area (Å²) >= 11 is 0. The van der Waals surface area contributed by atoms with Crippen molar-refractivity contribution in [2.75, 3.05) is 0 Å².